The van der Waals surface area contributed by atoms with Gasteiger partial charge < -0.3 is 10.2 Å². The van der Waals surface area contributed by atoms with E-state index in [9.17, 15) is 4.79 Å². The van der Waals surface area contributed by atoms with Crippen LogP contribution < -0.4 is 5.32 Å². The molecule has 1 amide bonds. The van der Waals surface area contributed by atoms with Crippen molar-refractivity contribution in [3.05, 3.63) is 34.9 Å². The van der Waals surface area contributed by atoms with Crippen molar-refractivity contribution in [3.63, 3.8) is 0 Å². The van der Waals surface area contributed by atoms with Gasteiger partial charge in [0.05, 0.1) is 0 Å². The fraction of sp³-hybridized carbons (Fsp3) is 0.417. The van der Waals surface area contributed by atoms with Crippen LogP contribution in [0.3, 0.4) is 0 Å². The number of carbonyl (C=O) groups is 1. The van der Waals surface area contributed by atoms with Gasteiger partial charge in [-0.1, -0.05) is 11.6 Å². The van der Waals surface area contributed by atoms with E-state index in [0.29, 0.717) is 16.6 Å². The van der Waals surface area contributed by atoms with Crippen molar-refractivity contribution in [1.82, 2.24) is 10.2 Å². The fourth-order valence-corrected chi connectivity index (χ4v) is 2.02. The zero-order valence-electron chi connectivity index (χ0n) is 9.24. The second kappa shape index (κ2) is 4.85. The smallest absolute Gasteiger partial charge is 0.253 e. The van der Waals surface area contributed by atoms with E-state index in [0.717, 1.165) is 19.6 Å². The summed E-state index contributed by atoms with van der Waals surface area (Å²) in [5.74, 6) is 0.0880. The average molecular weight is 239 g/mol. The summed E-state index contributed by atoms with van der Waals surface area (Å²) in [5.41, 5.74) is 0.707. The highest BCUT2D eigenvalue weighted by molar-refractivity contribution is 6.30. The second-order valence-corrected chi connectivity index (χ2v) is 4.55. The molecule has 0 saturated carbocycles. The Morgan fingerprint density at radius 2 is 2.12 bits per heavy atom. The molecule has 1 aromatic rings. The van der Waals surface area contributed by atoms with Gasteiger partial charge in [-0.15, -0.1) is 0 Å². The van der Waals surface area contributed by atoms with Gasteiger partial charge in [-0.2, -0.15) is 0 Å². The van der Waals surface area contributed by atoms with E-state index in [1.165, 1.54) is 0 Å². The first kappa shape index (κ1) is 11.4. The summed E-state index contributed by atoms with van der Waals surface area (Å²) in [6, 6.07) is 7.42. The highest BCUT2D eigenvalue weighted by Gasteiger charge is 2.21. The molecule has 0 spiro atoms. The lowest BCUT2D eigenvalue weighted by atomic mass is 10.1. The Morgan fingerprint density at radius 1 is 1.44 bits per heavy atom. The Bertz CT molecular complexity index is 377. The molecule has 1 saturated heterocycles. The van der Waals surface area contributed by atoms with Gasteiger partial charge in [-0.05, 0) is 31.2 Å². The molecule has 1 aliphatic rings. The van der Waals surface area contributed by atoms with Gasteiger partial charge in [0, 0.05) is 36.3 Å². The number of amides is 1. The largest absolute Gasteiger partial charge is 0.336 e. The van der Waals surface area contributed by atoms with Crippen molar-refractivity contribution >= 4 is 17.5 Å². The molecular weight excluding hydrogens is 224 g/mol. The lowest BCUT2D eigenvalue weighted by Gasteiger charge is -2.31. The molecule has 1 aromatic carbocycles. The minimum atomic E-state index is 0.0880. The van der Waals surface area contributed by atoms with Crippen LogP contribution in [0.2, 0.25) is 5.02 Å². The van der Waals surface area contributed by atoms with E-state index in [-0.39, 0.29) is 5.91 Å². The van der Waals surface area contributed by atoms with Gasteiger partial charge in [0.2, 0.25) is 0 Å². The van der Waals surface area contributed by atoms with Gasteiger partial charge in [0.15, 0.2) is 0 Å². The van der Waals surface area contributed by atoms with Crippen LogP contribution in [0.15, 0.2) is 24.3 Å². The van der Waals surface area contributed by atoms with Crippen molar-refractivity contribution in [2.24, 2.45) is 0 Å². The zero-order chi connectivity index (χ0) is 11.5. The maximum absolute atomic E-state index is 12.1. The number of nitrogens with one attached hydrogen (secondary N) is 1. The fourth-order valence-electron chi connectivity index (χ4n) is 1.89. The van der Waals surface area contributed by atoms with Crippen LogP contribution in [0.1, 0.15) is 17.3 Å². The quantitative estimate of drug-likeness (QED) is 0.809. The number of halogens is 1. The Morgan fingerprint density at radius 3 is 2.75 bits per heavy atom. The number of nitrogens with zero attached hydrogens (tertiary/aromatic N) is 1. The molecule has 1 heterocycles. The first-order chi connectivity index (χ1) is 7.66. The highest BCUT2D eigenvalue weighted by Crippen LogP contribution is 2.12. The van der Waals surface area contributed by atoms with Gasteiger partial charge in [-0.3, -0.25) is 4.79 Å². The molecule has 1 aliphatic heterocycles. The Balaban J connectivity index is 2.09. The van der Waals surface area contributed by atoms with Gasteiger partial charge in [0.1, 0.15) is 0 Å². The van der Waals surface area contributed by atoms with Crippen LogP contribution in [0, 0.1) is 0 Å². The number of hydrogen-bond donors (Lipinski definition) is 1. The van der Waals surface area contributed by atoms with Gasteiger partial charge >= 0.3 is 0 Å². The summed E-state index contributed by atoms with van der Waals surface area (Å²) in [5, 5.41) is 3.97. The molecule has 0 bridgehead atoms. The predicted octanol–water partition coefficient (Wildman–Crippen LogP) is 1.77. The van der Waals surface area contributed by atoms with E-state index in [4.69, 9.17) is 11.6 Å². The number of benzene rings is 1. The molecule has 2 rings (SSSR count). The average Bonchev–Trinajstić information content (AvgIpc) is 2.29. The van der Waals surface area contributed by atoms with Gasteiger partial charge in [-0.25, -0.2) is 0 Å². The molecule has 3 nitrogen and oxygen atoms in total. The topological polar surface area (TPSA) is 32.3 Å². The summed E-state index contributed by atoms with van der Waals surface area (Å²) in [7, 11) is 0. The molecular formula is C12H15ClN2O. The zero-order valence-corrected chi connectivity index (χ0v) is 10.00. The van der Waals surface area contributed by atoms with E-state index in [1.807, 2.05) is 4.90 Å². The van der Waals surface area contributed by atoms with Crippen LogP contribution in [0.5, 0.6) is 0 Å². The standard InChI is InChI=1S/C12H15ClN2O/c1-9-8-15(7-6-14-9)12(16)10-2-4-11(13)5-3-10/h2-5,9,14H,6-8H2,1H3. The minimum absolute atomic E-state index is 0.0880. The first-order valence-corrected chi connectivity index (χ1v) is 5.83. The highest BCUT2D eigenvalue weighted by atomic mass is 35.5. The Labute approximate surface area is 100 Å². The lowest BCUT2D eigenvalue weighted by Crippen LogP contribution is -2.51. The summed E-state index contributed by atoms with van der Waals surface area (Å²) >= 11 is 5.79. The molecule has 1 atom stereocenters. The minimum Gasteiger partial charge on any atom is -0.336 e. The Kier molecular flexibility index (Phi) is 3.46. The maximum atomic E-state index is 12.1. The second-order valence-electron chi connectivity index (χ2n) is 4.11. The monoisotopic (exact) mass is 238 g/mol. The van der Waals surface area contributed by atoms with Crippen LogP contribution in [-0.4, -0.2) is 36.5 Å². The number of hydrogen-bond acceptors (Lipinski definition) is 2. The Hall–Kier alpha value is -1.06. The number of piperazine rings is 1. The van der Waals surface area contributed by atoms with Crippen LogP contribution in [0.25, 0.3) is 0 Å². The van der Waals surface area contributed by atoms with Crippen LogP contribution in [0.4, 0.5) is 0 Å². The summed E-state index contributed by atoms with van der Waals surface area (Å²) in [4.78, 5) is 14.0. The van der Waals surface area contributed by atoms with Crippen molar-refractivity contribution in [2.45, 2.75) is 13.0 Å². The van der Waals surface area contributed by atoms with E-state index in [1.54, 1.807) is 24.3 Å². The summed E-state index contributed by atoms with van der Waals surface area (Å²) in [6.45, 7) is 4.48. The van der Waals surface area contributed by atoms with E-state index in [2.05, 4.69) is 12.2 Å². The van der Waals surface area contributed by atoms with Crippen molar-refractivity contribution in [2.75, 3.05) is 19.6 Å². The number of carbonyl (C=O) groups excluding carboxylic acids is 1. The third kappa shape index (κ3) is 2.54. The predicted molar refractivity (Wildman–Crippen MR) is 64.8 cm³/mol. The third-order valence-corrected chi connectivity index (χ3v) is 3.00. The summed E-state index contributed by atoms with van der Waals surface area (Å²) < 4.78 is 0. The molecule has 1 unspecified atom stereocenters. The molecule has 86 valence electrons. The van der Waals surface area contributed by atoms with Crippen LogP contribution in [-0.2, 0) is 0 Å². The molecule has 1 N–H and O–H groups in total. The van der Waals surface area contributed by atoms with Crippen molar-refractivity contribution < 1.29 is 4.79 Å². The van der Waals surface area contributed by atoms with Crippen LogP contribution >= 0.6 is 11.6 Å². The number of rotatable bonds is 1. The van der Waals surface area contributed by atoms with E-state index >= 15 is 0 Å². The molecule has 16 heavy (non-hydrogen) atoms. The molecule has 0 radical (unpaired) electrons. The van der Waals surface area contributed by atoms with Crippen molar-refractivity contribution in [1.29, 1.82) is 0 Å². The first-order valence-electron chi connectivity index (χ1n) is 5.45. The molecule has 0 aromatic heterocycles. The van der Waals surface area contributed by atoms with Crippen molar-refractivity contribution in [3.8, 4) is 0 Å². The molecule has 1 fully saturated rings. The molecule has 0 aliphatic carbocycles. The summed E-state index contributed by atoms with van der Waals surface area (Å²) in [6.07, 6.45) is 0. The van der Waals surface area contributed by atoms with Gasteiger partial charge in [0.25, 0.3) is 5.91 Å². The molecule has 4 heteroatoms. The van der Waals surface area contributed by atoms with E-state index < -0.39 is 0 Å². The third-order valence-electron chi connectivity index (χ3n) is 2.75. The normalized spacial score (nSPS) is 20.9. The SMILES string of the molecule is CC1CN(C(=O)c2ccc(Cl)cc2)CCN1. The maximum Gasteiger partial charge on any atom is 0.253 e. The lowest BCUT2D eigenvalue weighted by molar-refractivity contribution is 0.0709.